The number of hydrogen-bond acceptors (Lipinski definition) is 3. The number of amides is 2. The Morgan fingerprint density at radius 3 is 2.52 bits per heavy atom. The van der Waals surface area contributed by atoms with Crippen LogP contribution in [-0.2, 0) is 9.53 Å². The largest absolute Gasteiger partial charge is 0.450 e. The topological polar surface area (TPSA) is 63.1 Å². The van der Waals surface area contributed by atoms with Crippen LogP contribution in [0.15, 0.2) is 18.2 Å². The summed E-state index contributed by atoms with van der Waals surface area (Å²) in [6.07, 6.45) is -0.258. The van der Waals surface area contributed by atoms with Gasteiger partial charge in [0.25, 0.3) is 5.91 Å². The molecule has 2 amide bonds. The Bertz CT molecular complexity index is 566. The molecule has 0 spiro atoms. The first kappa shape index (κ1) is 17.3. The molecule has 0 aliphatic carbocycles. The Labute approximate surface area is 137 Å². The van der Waals surface area contributed by atoms with Gasteiger partial charge in [-0.05, 0) is 44.0 Å². The second kappa shape index (κ2) is 7.97. The molecule has 6 nitrogen and oxygen atoms in total. The third kappa shape index (κ3) is 4.96. The van der Waals surface area contributed by atoms with Crippen LogP contribution in [0.5, 0.6) is 0 Å². The van der Waals surface area contributed by atoms with E-state index in [0.29, 0.717) is 26.2 Å². The first-order chi connectivity index (χ1) is 11.0. The zero-order valence-corrected chi connectivity index (χ0v) is 14.1. The number of piperazine rings is 1. The van der Waals surface area contributed by atoms with E-state index in [1.165, 1.54) is 10.5 Å². The van der Waals surface area contributed by atoms with E-state index in [-0.39, 0.29) is 12.0 Å². The second-order valence-electron chi connectivity index (χ2n) is 5.96. The lowest BCUT2D eigenvalue weighted by Crippen LogP contribution is -3.15. The van der Waals surface area contributed by atoms with Crippen molar-refractivity contribution in [2.75, 3.05) is 44.6 Å². The molecule has 0 atom stereocenters. The van der Waals surface area contributed by atoms with Gasteiger partial charge in [0.1, 0.15) is 0 Å². The van der Waals surface area contributed by atoms with Crippen molar-refractivity contribution in [3.63, 3.8) is 0 Å². The van der Waals surface area contributed by atoms with Crippen LogP contribution < -0.4 is 10.2 Å². The quantitative estimate of drug-likeness (QED) is 0.854. The number of carbonyl (C=O) groups is 2. The third-order valence-electron chi connectivity index (χ3n) is 4.20. The maximum Gasteiger partial charge on any atom is 0.410 e. The van der Waals surface area contributed by atoms with Gasteiger partial charge in [0.05, 0.1) is 32.8 Å². The fourth-order valence-corrected chi connectivity index (χ4v) is 2.65. The fourth-order valence-electron chi connectivity index (χ4n) is 2.65. The Morgan fingerprint density at radius 1 is 1.22 bits per heavy atom. The maximum absolute atomic E-state index is 12.2. The summed E-state index contributed by atoms with van der Waals surface area (Å²) in [5.41, 5.74) is 3.21. The van der Waals surface area contributed by atoms with E-state index in [9.17, 15) is 9.59 Å². The summed E-state index contributed by atoms with van der Waals surface area (Å²) < 4.78 is 5.00. The predicted molar refractivity (Wildman–Crippen MR) is 88.7 cm³/mol. The zero-order valence-electron chi connectivity index (χ0n) is 14.1. The summed E-state index contributed by atoms with van der Waals surface area (Å²) in [7, 11) is 0. The van der Waals surface area contributed by atoms with Gasteiger partial charge in [-0.2, -0.15) is 0 Å². The number of rotatable bonds is 4. The Kier molecular flexibility index (Phi) is 5.98. The Hall–Kier alpha value is -2.08. The average Bonchev–Trinajstić information content (AvgIpc) is 2.52. The molecule has 23 heavy (non-hydrogen) atoms. The highest BCUT2D eigenvalue weighted by molar-refractivity contribution is 5.91. The number of nitrogens with zero attached hydrogens (tertiary/aromatic N) is 1. The molecule has 1 aromatic rings. The van der Waals surface area contributed by atoms with Crippen LogP contribution in [0, 0.1) is 13.8 Å². The minimum absolute atomic E-state index is 0.00726. The molecule has 1 aliphatic heterocycles. The highest BCUT2D eigenvalue weighted by atomic mass is 16.6. The summed E-state index contributed by atoms with van der Waals surface area (Å²) in [4.78, 5) is 26.7. The van der Waals surface area contributed by atoms with Gasteiger partial charge in [-0.15, -0.1) is 0 Å². The average molecular weight is 320 g/mol. The minimum Gasteiger partial charge on any atom is -0.450 e. The molecule has 1 heterocycles. The SMILES string of the molecule is CCOC(=O)N1CC[NH+](CC(=O)Nc2ccc(C)c(C)c2)CC1. The number of aryl methyl sites for hydroxylation is 2. The summed E-state index contributed by atoms with van der Waals surface area (Å²) in [5, 5.41) is 2.95. The summed E-state index contributed by atoms with van der Waals surface area (Å²) >= 11 is 0. The number of benzene rings is 1. The lowest BCUT2D eigenvalue weighted by molar-refractivity contribution is -0.895. The molecule has 0 aromatic heterocycles. The van der Waals surface area contributed by atoms with Crippen molar-refractivity contribution in [2.45, 2.75) is 20.8 Å². The molecule has 1 fully saturated rings. The number of carbonyl (C=O) groups excluding carboxylic acids is 2. The van der Waals surface area contributed by atoms with Crippen LogP contribution in [-0.4, -0.2) is 56.2 Å². The van der Waals surface area contributed by atoms with Gasteiger partial charge in [-0.25, -0.2) is 4.79 Å². The minimum atomic E-state index is -0.258. The zero-order chi connectivity index (χ0) is 16.8. The van der Waals surface area contributed by atoms with E-state index in [1.807, 2.05) is 32.0 Å². The number of anilines is 1. The van der Waals surface area contributed by atoms with Crippen LogP contribution >= 0.6 is 0 Å². The Balaban J connectivity index is 1.78. The van der Waals surface area contributed by atoms with Crippen molar-refractivity contribution in [2.24, 2.45) is 0 Å². The van der Waals surface area contributed by atoms with Crippen molar-refractivity contribution in [3.8, 4) is 0 Å². The maximum atomic E-state index is 12.2. The third-order valence-corrected chi connectivity index (χ3v) is 4.20. The standard InChI is InChI=1S/C17H25N3O3/c1-4-23-17(22)20-9-7-19(8-10-20)12-16(21)18-15-6-5-13(2)14(3)11-15/h5-6,11H,4,7-10,12H2,1-3H3,(H,18,21)/p+1. The molecule has 0 radical (unpaired) electrons. The van der Waals surface area contributed by atoms with Gasteiger partial charge in [0, 0.05) is 5.69 Å². The molecule has 1 saturated heterocycles. The molecule has 2 rings (SSSR count). The smallest absolute Gasteiger partial charge is 0.410 e. The molecule has 2 N–H and O–H groups in total. The van der Waals surface area contributed by atoms with E-state index in [2.05, 4.69) is 5.32 Å². The van der Waals surface area contributed by atoms with Crippen molar-refractivity contribution in [1.29, 1.82) is 0 Å². The Morgan fingerprint density at radius 2 is 1.91 bits per heavy atom. The number of ether oxygens (including phenoxy) is 1. The van der Waals surface area contributed by atoms with Gasteiger partial charge in [-0.1, -0.05) is 6.07 Å². The highest BCUT2D eigenvalue weighted by Crippen LogP contribution is 2.13. The molecule has 6 heteroatoms. The van der Waals surface area contributed by atoms with Gasteiger partial charge in [-0.3, -0.25) is 9.69 Å². The lowest BCUT2D eigenvalue weighted by Gasteiger charge is -2.31. The van der Waals surface area contributed by atoms with Gasteiger partial charge < -0.3 is 15.0 Å². The molecule has 0 unspecified atom stereocenters. The molecule has 0 bridgehead atoms. The van der Waals surface area contributed by atoms with Crippen LogP contribution in [0.3, 0.4) is 0 Å². The summed E-state index contributed by atoms with van der Waals surface area (Å²) in [5.74, 6) is 0.00726. The van der Waals surface area contributed by atoms with E-state index in [4.69, 9.17) is 4.74 Å². The highest BCUT2D eigenvalue weighted by Gasteiger charge is 2.25. The molecule has 126 valence electrons. The van der Waals surface area contributed by atoms with Crippen LogP contribution in [0.4, 0.5) is 10.5 Å². The molecular weight excluding hydrogens is 294 g/mol. The van der Waals surface area contributed by atoms with Crippen LogP contribution in [0.25, 0.3) is 0 Å². The van der Waals surface area contributed by atoms with Gasteiger partial charge in [0.2, 0.25) is 0 Å². The monoisotopic (exact) mass is 320 g/mol. The van der Waals surface area contributed by atoms with Crippen LogP contribution in [0.2, 0.25) is 0 Å². The van der Waals surface area contributed by atoms with Gasteiger partial charge in [0.15, 0.2) is 6.54 Å². The molecule has 0 saturated carbocycles. The first-order valence-electron chi connectivity index (χ1n) is 8.12. The summed E-state index contributed by atoms with van der Waals surface area (Å²) in [6.45, 7) is 9.48. The van der Waals surface area contributed by atoms with Crippen molar-refractivity contribution < 1.29 is 19.2 Å². The van der Waals surface area contributed by atoms with Crippen molar-refractivity contribution >= 4 is 17.7 Å². The van der Waals surface area contributed by atoms with E-state index in [0.717, 1.165) is 24.3 Å². The summed E-state index contributed by atoms with van der Waals surface area (Å²) in [6, 6.07) is 5.92. The van der Waals surface area contributed by atoms with Gasteiger partial charge >= 0.3 is 6.09 Å². The van der Waals surface area contributed by atoms with Crippen molar-refractivity contribution in [3.05, 3.63) is 29.3 Å². The first-order valence-corrected chi connectivity index (χ1v) is 8.12. The molecule has 1 aromatic carbocycles. The number of hydrogen-bond donors (Lipinski definition) is 2. The van der Waals surface area contributed by atoms with E-state index in [1.54, 1.807) is 11.8 Å². The van der Waals surface area contributed by atoms with E-state index < -0.39 is 0 Å². The number of nitrogens with one attached hydrogen (secondary N) is 2. The predicted octanol–water partition coefficient (Wildman–Crippen LogP) is 0.599. The lowest BCUT2D eigenvalue weighted by atomic mass is 10.1. The number of quaternary nitrogens is 1. The normalized spacial score (nSPS) is 15.3. The molecule has 1 aliphatic rings. The van der Waals surface area contributed by atoms with E-state index >= 15 is 0 Å². The second-order valence-corrected chi connectivity index (χ2v) is 5.96. The fraction of sp³-hybridized carbons (Fsp3) is 0.529. The van der Waals surface area contributed by atoms with Crippen LogP contribution in [0.1, 0.15) is 18.1 Å². The molecular formula is C17H26N3O3+. The van der Waals surface area contributed by atoms with Crippen molar-refractivity contribution in [1.82, 2.24) is 4.90 Å².